The Balaban J connectivity index is 2.27. The first-order valence-electron chi connectivity index (χ1n) is 6.17. The van der Waals surface area contributed by atoms with Crippen molar-refractivity contribution in [3.63, 3.8) is 0 Å². The van der Waals surface area contributed by atoms with E-state index in [4.69, 9.17) is 0 Å². The zero-order valence-corrected chi connectivity index (χ0v) is 12.1. The Bertz CT molecular complexity index is 627. The van der Waals surface area contributed by atoms with Gasteiger partial charge >= 0.3 is 0 Å². The van der Waals surface area contributed by atoms with E-state index in [-0.39, 0.29) is 12.8 Å². The molecule has 1 heterocycles. The van der Waals surface area contributed by atoms with Crippen molar-refractivity contribution in [2.75, 3.05) is 18.2 Å². The molecule has 1 fully saturated rings. The summed E-state index contributed by atoms with van der Waals surface area (Å²) < 4.78 is 24.0. The molecule has 2 rings (SSSR count). The Hall–Kier alpha value is -1.89. The highest BCUT2D eigenvalue weighted by atomic mass is 32.2. The van der Waals surface area contributed by atoms with Crippen LogP contribution < -0.4 is 4.90 Å². The predicted molar refractivity (Wildman–Crippen MR) is 74.6 cm³/mol. The van der Waals surface area contributed by atoms with Gasteiger partial charge < -0.3 is 4.90 Å². The van der Waals surface area contributed by atoms with Crippen LogP contribution in [0, 0.1) is 0 Å². The number of hydrogen-bond acceptors (Lipinski definition) is 4. The first-order valence-corrected chi connectivity index (χ1v) is 8.02. The Morgan fingerprint density at radius 2 is 1.90 bits per heavy atom. The standard InChI is InChI=1S/C13H16N2O4S/c1-14(10-6-4-3-5-7-10)13(17)11-8-9-12(16)15(11)20(2,18)19/h3-7,11H,8-9H2,1-2H3. The van der Waals surface area contributed by atoms with Crippen LogP contribution in [-0.2, 0) is 19.6 Å². The molecule has 0 N–H and O–H groups in total. The fourth-order valence-electron chi connectivity index (χ4n) is 2.30. The van der Waals surface area contributed by atoms with Gasteiger partial charge in [-0.15, -0.1) is 0 Å². The number of rotatable bonds is 3. The van der Waals surface area contributed by atoms with Gasteiger partial charge in [-0.25, -0.2) is 12.7 Å². The van der Waals surface area contributed by atoms with Crippen molar-refractivity contribution >= 4 is 27.5 Å². The summed E-state index contributed by atoms with van der Waals surface area (Å²) >= 11 is 0. The molecule has 20 heavy (non-hydrogen) atoms. The number of nitrogens with zero attached hydrogens (tertiary/aromatic N) is 2. The Labute approximate surface area is 118 Å². The molecule has 1 aromatic carbocycles. The molecule has 108 valence electrons. The number of hydrogen-bond donors (Lipinski definition) is 0. The van der Waals surface area contributed by atoms with Gasteiger partial charge in [0, 0.05) is 19.2 Å². The molecule has 1 atom stereocenters. The van der Waals surface area contributed by atoms with Crippen LogP contribution in [0.25, 0.3) is 0 Å². The lowest BCUT2D eigenvalue weighted by molar-refractivity contribution is -0.129. The number of amides is 2. The number of likely N-dealkylation sites (N-methyl/N-ethyl adjacent to an activating group) is 1. The van der Waals surface area contributed by atoms with E-state index in [2.05, 4.69) is 0 Å². The molecular weight excluding hydrogens is 280 g/mol. The minimum atomic E-state index is -3.73. The molecular formula is C13H16N2O4S. The Kier molecular flexibility index (Phi) is 3.80. The highest BCUT2D eigenvalue weighted by molar-refractivity contribution is 7.89. The highest BCUT2D eigenvalue weighted by Gasteiger charge is 2.42. The minimum Gasteiger partial charge on any atom is -0.314 e. The second-order valence-corrected chi connectivity index (χ2v) is 6.60. The van der Waals surface area contributed by atoms with Crippen LogP contribution in [0.15, 0.2) is 30.3 Å². The largest absolute Gasteiger partial charge is 0.314 e. The second kappa shape index (κ2) is 5.24. The maximum absolute atomic E-state index is 12.4. The summed E-state index contributed by atoms with van der Waals surface area (Å²) in [5, 5.41) is 0. The summed E-state index contributed by atoms with van der Waals surface area (Å²) in [6.45, 7) is 0. The lowest BCUT2D eigenvalue weighted by Crippen LogP contribution is -2.47. The van der Waals surface area contributed by atoms with E-state index < -0.39 is 27.9 Å². The fraction of sp³-hybridized carbons (Fsp3) is 0.385. The van der Waals surface area contributed by atoms with Gasteiger partial charge in [-0.3, -0.25) is 9.59 Å². The van der Waals surface area contributed by atoms with Crippen molar-refractivity contribution in [3.05, 3.63) is 30.3 Å². The van der Waals surface area contributed by atoms with Crippen molar-refractivity contribution in [1.29, 1.82) is 0 Å². The quantitative estimate of drug-likeness (QED) is 0.818. The lowest BCUT2D eigenvalue weighted by atomic mass is 10.2. The summed E-state index contributed by atoms with van der Waals surface area (Å²) in [6.07, 6.45) is 1.24. The van der Waals surface area contributed by atoms with Gasteiger partial charge in [0.05, 0.1) is 6.26 Å². The van der Waals surface area contributed by atoms with Crippen molar-refractivity contribution in [2.24, 2.45) is 0 Å². The van der Waals surface area contributed by atoms with E-state index >= 15 is 0 Å². The molecule has 1 aromatic rings. The molecule has 0 saturated carbocycles. The van der Waals surface area contributed by atoms with E-state index in [0.717, 1.165) is 6.26 Å². The average molecular weight is 296 g/mol. The molecule has 0 bridgehead atoms. The Morgan fingerprint density at radius 1 is 1.30 bits per heavy atom. The zero-order chi connectivity index (χ0) is 14.9. The molecule has 0 aromatic heterocycles. The topological polar surface area (TPSA) is 74.8 Å². The average Bonchev–Trinajstić information content (AvgIpc) is 2.80. The zero-order valence-electron chi connectivity index (χ0n) is 11.3. The van der Waals surface area contributed by atoms with Gasteiger partial charge in [0.2, 0.25) is 15.9 Å². The van der Waals surface area contributed by atoms with E-state index in [1.54, 1.807) is 31.3 Å². The molecule has 0 radical (unpaired) electrons. The normalized spacial score (nSPS) is 19.2. The number of anilines is 1. The molecule has 1 aliphatic rings. The predicted octanol–water partition coefficient (Wildman–Crippen LogP) is 0.600. The van der Waals surface area contributed by atoms with Crippen LogP contribution in [0.5, 0.6) is 0 Å². The van der Waals surface area contributed by atoms with Crippen LogP contribution in [0.1, 0.15) is 12.8 Å². The molecule has 1 aliphatic heterocycles. The molecule has 2 amide bonds. The molecule has 0 aliphatic carbocycles. The van der Waals surface area contributed by atoms with Crippen molar-refractivity contribution in [3.8, 4) is 0 Å². The van der Waals surface area contributed by atoms with Crippen LogP contribution in [0.3, 0.4) is 0 Å². The smallest absolute Gasteiger partial charge is 0.250 e. The van der Waals surface area contributed by atoms with E-state index in [0.29, 0.717) is 9.99 Å². The monoisotopic (exact) mass is 296 g/mol. The molecule has 6 nitrogen and oxygen atoms in total. The van der Waals surface area contributed by atoms with Crippen molar-refractivity contribution in [1.82, 2.24) is 4.31 Å². The Morgan fingerprint density at radius 3 is 2.45 bits per heavy atom. The van der Waals surface area contributed by atoms with E-state index in [9.17, 15) is 18.0 Å². The highest BCUT2D eigenvalue weighted by Crippen LogP contribution is 2.25. The van der Waals surface area contributed by atoms with Gasteiger partial charge in [-0.05, 0) is 18.6 Å². The number of para-hydroxylation sites is 1. The van der Waals surface area contributed by atoms with Gasteiger partial charge in [0.25, 0.3) is 5.91 Å². The van der Waals surface area contributed by atoms with Crippen LogP contribution in [0.4, 0.5) is 5.69 Å². The summed E-state index contributed by atoms with van der Waals surface area (Å²) in [7, 11) is -2.15. The third kappa shape index (κ3) is 2.67. The van der Waals surface area contributed by atoms with Gasteiger partial charge in [0.1, 0.15) is 6.04 Å². The van der Waals surface area contributed by atoms with Crippen molar-refractivity contribution in [2.45, 2.75) is 18.9 Å². The summed E-state index contributed by atoms with van der Waals surface area (Å²) in [4.78, 5) is 25.5. The van der Waals surface area contributed by atoms with Crippen LogP contribution in [0.2, 0.25) is 0 Å². The van der Waals surface area contributed by atoms with Gasteiger partial charge in [-0.2, -0.15) is 0 Å². The molecule has 1 saturated heterocycles. The minimum absolute atomic E-state index is 0.0755. The maximum Gasteiger partial charge on any atom is 0.250 e. The first-order chi connectivity index (χ1) is 9.32. The molecule has 7 heteroatoms. The summed E-state index contributed by atoms with van der Waals surface area (Å²) in [6, 6.07) is 7.95. The molecule has 0 spiro atoms. The van der Waals surface area contributed by atoms with Gasteiger partial charge in [0.15, 0.2) is 0 Å². The number of sulfonamides is 1. The van der Waals surface area contributed by atoms with Gasteiger partial charge in [-0.1, -0.05) is 18.2 Å². The number of carbonyl (C=O) groups is 2. The van der Waals surface area contributed by atoms with E-state index in [1.807, 2.05) is 6.07 Å². The first kappa shape index (κ1) is 14.5. The third-order valence-corrected chi connectivity index (χ3v) is 4.45. The summed E-state index contributed by atoms with van der Waals surface area (Å²) in [5.41, 5.74) is 0.658. The number of benzene rings is 1. The summed E-state index contributed by atoms with van der Waals surface area (Å²) in [5.74, 6) is -0.917. The third-order valence-electron chi connectivity index (χ3n) is 3.28. The van der Waals surface area contributed by atoms with Crippen LogP contribution in [-0.4, -0.2) is 43.9 Å². The lowest BCUT2D eigenvalue weighted by Gasteiger charge is -2.26. The number of carbonyl (C=O) groups excluding carboxylic acids is 2. The van der Waals surface area contributed by atoms with Crippen LogP contribution >= 0.6 is 0 Å². The van der Waals surface area contributed by atoms with E-state index in [1.165, 1.54) is 4.90 Å². The van der Waals surface area contributed by atoms with Crippen molar-refractivity contribution < 1.29 is 18.0 Å². The SMILES string of the molecule is CN(C(=O)C1CCC(=O)N1S(C)(=O)=O)c1ccccc1. The maximum atomic E-state index is 12.4. The fourth-order valence-corrected chi connectivity index (χ4v) is 3.42. The second-order valence-electron chi connectivity index (χ2n) is 4.74. The molecule has 1 unspecified atom stereocenters.